The van der Waals surface area contributed by atoms with Crippen molar-refractivity contribution in [2.24, 2.45) is 0 Å². The lowest BCUT2D eigenvalue weighted by Crippen LogP contribution is -2.32. The van der Waals surface area contributed by atoms with Gasteiger partial charge in [-0.1, -0.05) is 60.3 Å². The predicted molar refractivity (Wildman–Crippen MR) is 159 cm³/mol. The fourth-order valence-electron chi connectivity index (χ4n) is 5.44. The van der Waals surface area contributed by atoms with E-state index in [1.165, 1.54) is 16.1 Å². The number of rotatable bonds is 8. The normalized spacial score (nSPS) is 16.7. The predicted octanol–water partition coefficient (Wildman–Crippen LogP) is 5.65. The van der Waals surface area contributed by atoms with Gasteiger partial charge in [-0.05, 0) is 66.1 Å². The summed E-state index contributed by atoms with van der Waals surface area (Å²) < 4.78 is 42.1. The maximum Gasteiger partial charge on any atom is 0.243 e. The first-order chi connectivity index (χ1) is 20.5. The molecule has 1 atom stereocenters. The van der Waals surface area contributed by atoms with Gasteiger partial charge in [-0.15, -0.1) is 10.2 Å². The SMILES string of the molecule is O=C(CSc1nnc([C@H]2CCCN2S(=O)(=O)c2ccc3ccccc3c2)n1-c1ccccc1)c1ccc2c(c1)OCO2. The maximum absolute atomic E-state index is 14.0. The highest BCUT2D eigenvalue weighted by atomic mass is 32.2. The van der Waals surface area contributed by atoms with E-state index in [2.05, 4.69) is 10.2 Å². The molecule has 0 saturated carbocycles. The van der Waals surface area contributed by atoms with Crippen LogP contribution in [0.25, 0.3) is 16.5 Å². The van der Waals surface area contributed by atoms with Gasteiger partial charge in [-0.25, -0.2) is 8.42 Å². The molecule has 7 rings (SSSR count). The van der Waals surface area contributed by atoms with E-state index in [9.17, 15) is 13.2 Å². The molecule has 1 fully saturated rings. The number of fused-ring (bicyclic) bond motifs is 2. The first-order valence-corrected chi connectivity index (χ1v) is 16.0. The molecule has 1 aromatic heterocycles. The van der Waals surface area contributed by atoms with Gasteiger partial charge in [0.25, 0.3) is 0 Å². The molecule has 1 saturated heterocycles. The molecule has 0 bridgehead atoms. The standard InChI is InChI=1S/C31H26N4O5S2/c36-27(23-13-15-28-29(18-23)40-20-39-28)19-41-31-33-32-30(35(31)24-9-2-1-3-10-24)26-11-6-16-34(26)42(37,38)25-14-12-21-7-4-5-8-22(21)17-25/h1-5,7-10,12-15,17-18,26H,6,11,16,19-20H2/t26-/m1/s1. The summed E-state index contributed by atoms with van der Waals surface area (Å²) in [5.74, 6) is 1.72. The van der Waals surface area contributed by atoms with Crippen LogP contribution in [0.4, 0.5) is 0 Å². The second kappa shape index (κ2) is 10.9. The number of sulfonamides is 1. The van der Waals surface area contributed by atoms with Gasteiger partial charge >= 0.3 is 0 Å². The van der Waals surface area contributed by atoms with Crippen LogP contribution in [0.1, 0.15) is 35.1 Å². The van der Waals surface area contributed by atoms with E-state index in [0.29, 0.717) is 47.4 Å². The minimum atomic E-state index is -3.81. The zero-order valence-electron chi connectivity index (χ0n) is 22.4. The Hall–Kier alpha value is -4.19. The highest BCUT2D eigenvalue weighted by Crippen LogP contribution is 2.39. The number of nitrogens with zero attached hydrogens (tertiary/aromatic N) is 4. The lowest BCUT2D eigenvalue weighted by Gasteiger charge is -2.24. The number of carbonyl (C=O) groups is 1. The molecule has 42 heavy (non-hydrogen) atoms. The Bertz CT molecular complexity index is 1910. The van der Waals surface area contributed by atoms with Gasteiger partial charge < -0.3 is 9.47 Å². The number of para-hydroxylation sites is 1. The molecular formula is C31H26N4O5S2. The zero-order valence-corrected chi connectivity index (χ0v) is 24.1. The van der Waals surface area contributed by atoms with Crippen LogP contribution in [0.2, 0.25) is 0 Å². The van der Waals surface area contributed by atoms with Crippen molar-refractivity contribution in [2.75, 3.05) is 19.1 Å². The van der Waals surface area contributed by atoms with Crippen LogP contribution < -0.4 is 9.47 Å². The lowest BCUT2D eigenvalue weighted by atomic mass is 10.1. The maximum atomic E-state index is 14.0. The van der Waals surface area contributed by atoms with Crippen molar-refractivity contribution < 1.29 is 22.7 Å². The summed E-state index contributed by atoms with van der Waals surface area (Å²) in [5, 5.41) is 11.3. The van der Waals surface area contributed by atoms with Crippen LogP contribution in [-0.2, 0) is 10.0 Å². The van der Waals surface area contributed by atoms with Gasteiger partial charge in [0.05, 0.1) is 16.7 Å². The van der Waals surface area contributed by atoms with E-state index in [4.69, 9.17) is 9.47 Å². The van der Waals surface area contributed by atoms with E-state index < -0.39 is 16.1 Å². The number of aromatic nitrogens is 3. The molecule has 212 valence electrons. The number of thioether (sulfide) groups is 1. The van der Waals surface area contributed by atoms with Gasteiger partial charge in [0.2, 0.25) is 16.8 Å². The van der Waals surface area contributed by atoms with E-state index >= 15 is 0 Å². The van der Waals surface area contributed by atoms with Crippen molar-refractivity contribution >= 4 is 38.3 Å². The molecule has 4 aromatic carbocycles. The Morgan fingerprint density at radius 3 is 2.52 bits per heavy atom. The molecule has 0 amide bonds. The van der Waals surface area contributed by atoms with Crippen LogP contribution in [0, 0.1) is 0 Å². The molecule has 0 radical (unpaired) electrons. The van der Waals surface area contributed by atoms with Crippen LogP contribution in [0.15, 0.2) is 101 Å². The molecule has 0 N–H and O–H groups in total. The minimum absolute atomic E-state index is 0.0937. The fraction of sp³-hybridized carbons (Fsp3) is 0.194. The average molecular weight is 599 g/mol. The molecular weight excluding hydrogens is 572 g/mol. The first kappa shape index (κ1) is 26.7. The topological polar surface area (TPSA) is 104 Å². The summed E-state index contributed by atoms with van der Waals surface area (Å²) in [5.41, 5.74) is 1.31. The third-order valence-corrected chi connectivity index (χ3v) is 10.4. The van der Waals surface area contributed by atoms with Crippen molar-refractivity contribution in [3.63, 3.8) is 0 Å². The summed E-state index contributed by atoms with van der Waals surface area (Å²) in [6.45, 7) is 0.520. The average Bonchev–Trinajstić information content (AvgIpc) is 3.79. The summed E-state index contributed by atoms with van der Waals surface area (Å²) in [4.78, 5) is 13.4. The van der Waals surface area contributed by atoms with Crippen molar-refractivity contribution in [3.8, 4) is 17.2 Å². The van der Waals surface area contributed by atoms with Crippen molar-refractivity contribution in [2.45, 2.75) is 28.9 Å². The van der Waals surface area contributed by atoms with E-state index in [-0.39, 0.29) is 23.2 Å². The Morgan fingerprint density at radius 2 is 1.67 bits per heavy atom. The molecule has 5 aromatic rings. The van der Waals surface area contributed by atoms with Gasteiger partial charge in [-0.3, -0.25) is 9.36 Å². The Labute approximate surface area is 247 Å². The van der Waals surface area contributed by atoms with E-state index in [1.54, 1.807) is 30.3 Å². The number of carbonyl (C=O) groups excluding carboxylic acids is 1. The molecule has 2 aliphatic rings. The van der Waals surface area contributed by atoms with Crippen molar-refractivity contribution in [1.29, 1.82) is 0 Å². The molecule has 0 spiro atoms. The third-order valence-electron chi connectivity index (χ3n) is 7.53. The summed E-state index contributed by atoms with van der Waals surface area (Å²) >= 11 is 1.26. The summed E-state index contributed by atoms with van der Waals surface area (Å²) in [6.07, 6.45) is 1.31. The summed E-state index contributed by atoms with van der Waals surface area (Å²) in [6, 6.07) is 27.1. The molecule has 2 aliphatic heterocycles. The quantitative estimate of drug-likeness (QED) is 0.167. The Kier molecular flexibility index (Phi) is 6.93. The molecule has 0 aliphatic carbocycles. The monoisotopic (exact) mass is 598 g/mol. The van der Waals surface area contributed by atoms with Gasteiger partial charge in [0.1, 0.15) is 0 Å². The van der Waals surface area contributed by atoms with Crippen LogP contribution in [-0.4, -0.2) is 52.4 Å². The number of benzene rings is 4. The highest BCUT2D eigenvalue weighted by Gasteiger charge is 2.39. The third kappa shape index (κ3) is 4.83. The van der Waals surface area contributed by atoms with Gasteiger partial charge in [0.15, 0.2) is 28.3 Å². The molecule has 9 nitrogen and oxygen atoms in total. The highest BCUT2D eigenvalue weighted by molar-refractivity contribution is 7.99. The number of Topliss-reactive ketones (excluding diaryl/α,β-unsaturated/α-hetero) is 1. The number of ether oxygens (including phenoxy) is 2. The van der Waals surface area contributed by atoms with Crippen molar-refractivity contribution in [1.82, 2.24) is 19.1 Å². The van der Waals surface area contributed by atoms with Crippen LogP contribution in [0.5, 0.6) is 11.5 Å². The largest absolute Gasteiger partial charge is 0.454 e. The van der Waals surface area contributed by atoms with E-state index in [0.717, 1.165) is 16.5 Å². The second-order valence-corrected chi connectivity index (χ2v) is 12.9. The molecule has 0 unspecified atom stereocenters. The van der Waals surface area contributed by atoms with Gasteiger partial charge in [0, 0.05) is 17.8 Å². The number of ketones is 1. The van der Waals surface area contributed by atoms with E-state index in [1.807, 2.05) is 65.2 Å². The smallest absolute Gasteiger partial charge is 0.243 e. The first-order valence-electron chi connectivity index (χ1n) is 13.6. The zero-order chi connectivity index (χ0) is 28.7. The van der Waals surface area contributed by atoms with Crippen LogP contribution >= 0.6 is 11.8 Å². The summed E-state index contributed by atoms with van der Waals surface area (Å²) in [7, 11) is -3.81. The second-order valence-electron chi connectivity index (χ2n) is 10.1. The lowest BCUT2D eigenvalue weighted by molar-refractivity contribution is 0.102. The molecule has 3 heterocycles. The number of hydrogen-bond acceptors (Lipinski definition) is 8. The molecule has 11 heteroatoms. The number of hydrogen-bond donors (Lipinski definition) is 0. The Morgan fingerprint density at radius 1 is 0.881 bits per heavy atom. The van der Waals surface area contributed by atoms with Gasteiger partial charge in [-0.2, -0.15) is 4.31 Å². The fourth-order valence-corrected chi connectivity index (χ4v) is 7.99. The Balaban J connectivity index is 1.20. The van der Waals surface area contributed by atoms with Crippen LogP contribution in [0.3, 0.4) is 0 Å². The minimum Gasteiger partial charge on any atom is -0.454 e. The van der Waals surface area contributed by atoms with Crippen molar-refractivity contribution in [3.05, 3.63) is 102 Å².